The highest BCUT2D eigenvalue weighted by molar-refractivity contribution is 7.09. The molecule has 2 amide bonds. The molecule has 0 saturated carbocycles. The van der Waals surface area contributed by atoms with Crippen molar-refractivity contribution in [3.63, 3.8) is 0 Å². The van der Waals surface area contributed by atoms with E-state index < -0.39 is 23.8 Å². The van der Waals surface area contributed by atoms with Gasteiger partial charge in [0, 0.05) is 12.0 Å². The quantitative estimate of drug-likeness (QED) is 0.636. The first-order chi connectivity index (χ1) is 11.9. The molecule has 1 fully saturated rings. The Kier molecular flexibility index (Phi) is 6.89. The number of hydrogen-bond acceptors (Lipinski definition) is 6. The fourth-order valence-electron chi connectivity index (χ4n) is 2.50. The molecule has 1 saturated heterocycles. The van der Waals surface area contributed by atoms with Crippen LogP contribution in [0.2, 0.25) is 0 Å². The third-order valence-electron chi connectivity index (χ3n) is 3.71. The van der Waals surface area contributed by atoms with Gasteiger partial charge in [-0.25, -0.2) is 9.78 Å². The molecule has 2 atom stereocenters. The van der Waals surface area contributed by atoms with Crippen LogP contribution in [-0.2, 0) is 14.3 Å². The Morgan fingerprint density at radius 3 is 2.80 bits per heavy atom. The van der Waals surface area contributed by atoms with Gasteiger partial charge in [-0.1, -0.05) is 13.8 Å². The summed E-state index contributed by atoms with van der Waals surface area (Å²) >= 11 is 1.36. The van der Waals surface area contributed by atoms with Gasteiger partial charge in [-0.2, -0.15) is 0 Å². The van der Waals surface area contributed by atoms with Crippen LogP contribution in [0, 0.1) is 5.92 Å². The minimum absolute atomic E-state index is 0.0535. The highest BCUT2D eigenvalue weighted by Crippen LogP contribution is 2.30. The second kappa shape index (κ2) is 8.91. The van der Waals surface area contributed by atoms with Crippen LogP contribution in [0.15, 0.2) is 5.38 Å². The number of hydrogen-bond donors (Lipinski definition) is 3. The maximum absolute atomic E-state index is 12.1. The first-order valence-electron chi connectivity index (χ1n) is 8.24. The largest absolute Gasteiger partial charge is 0.480 e. The molecule has 1 aliphatic rings. The van der Waals surface area contributed by atoms with Gasteiger partial charge in [-0.3, -0.25) is 9.59 Å². The van der Waals surface area contributed by atoms with Gasteiger partial charge in [0.15, 0.2) is 0 Å². The lowest BCUT2D eigenvalue weighted by Crippen LogP contribution is -2.46. The van der Waals surface area contributed by atoms with E-state index >= 15 is 0 Å². The Labute approximate surface area is 150 Å². The number of ether oxygens (including phenoxy) is 1. The fourth-order valence-corrected chi connectivity index (χ4v) is 3.38. The van der Waals surface area contributed by atoms with E-state index in [1.165, 1.54) is 11.3 Å². The lowest BCUT2D eigenvalue weighted by Gasteiger charge is -2.16. The Bertz CT molecular complexity index is 625. The lowest BCUT2D eigenvalue weighted by molar-refractivity contribution is -0.142. The van der Waals surface area contributed by atoms with E-state index in [-0.39, 0.29) is 24.3 Å². The number of nitrogens with zero attached hydrogens (tertiary/aromatic N) is 1. The van der Waals surface area contributed by atoms with Crippen LogP contribution in [0.1, 0.15) is 54.7 Å². The third-order valence-corrected chi connectivity index (χ3v) is 4.65. The van der Waals surface area contributed by atoms with Crippen molar-refractivity contribution in [2.75, 3.05) is 13.2 Å². The zero-order valence-corrected chi connectivity index (χ0v) is 15.1. The highest BCUT2D eigenvalue weighted by Gasteiger charge is 2.23. The first kappa shape index (κ1) is 19.3. The SMILES string of the molecule is CC(C)C[C@H](NC(=O)CNC(=O)c1csc(C2CCCO2)n1)C(=O)O. The molecule has 2 heterocycles. The van der Waals surface area contributed by atoms with Crippen molar-refractivity contribution in [1.82, 2.24) is 15.6 Å². The molecule has 1 aromatic heterocycles. The summed E-state index contributed by atoms with van der Waals surface area (Å²) in [6, 6.07) is -0.963. The molecular formula is C16H23N3O5S. The predicted octanol–water partition coefficient (Wildman–Crippen LogP) is 1.34. The Morgan fingerprint density at radius 2 is 2.20 bits per heavy atom. The van der Waals surface area contributed by atoms with E-state index in [1.54, 1.807) is 5.38 Å². The average Bonchev–Trinajstić information content (AvgIpc) is 3.22. The predicted molar refractivity (Wildman–Crippen MR) is 91.4 cm³/mol. The summed E-state index contributed by atoms with van der Waals surface area (Å²) in [4.78, 5) is 39.3. The molecule has 0 aromatic carbocycles. The fraction of sp³-hybridized carbons (Fsp3) is 0.625. The summed E-state index contributed by atoms with van der Waals surface area (Å²) in [5.74, 6) is -1.97. The van der Waals surface area contributed by atoms with Crippen LogP contribution in [0.3, 0.4) is 0 Å². The molecular weight excluding hydrogens is 346 g/mol. The summed E-state index contributed by atoms with van der Waals surface area (Å²) in [6.45, 7) is 4.15. The molecule has 0 spiro atoms. The average molecular weight is 369 g/mol. The molecule has 8 nitrogen and oxygen atoms in total. The highest BCUT2D eigenvalue weighted by atomic mass is 32.1. The Hall–Kier alpha value is -2.00. The second-order valence-corrected chi connectivity index (χ2v) is 7.23. The Morgan fingerprint density at radius 1 is 1.44 bits per heavy atom. The molecule has 1 unspecified atom stereocenters. The molecule has 1 aliphatic heterocycles. The van der Waals surface area contributed by atoms with Crippen LogP contribution >= 0.6 is 11.3 Å². The van der Waals surface area contributed by atoms with Gasteiger partial charge in [-0.05, 0) is 25.2 Å². The van der Waals surface area contributed by atoms with E-state index in [1.807, 2.05) is 13.8 Å². The normalized spacial score (nSPS) is 18.1. The van der Waals surface area contributed by atoms with Crippen molar-refractivity contribution >= 4 is 29.1 Å². The lowest BCUT2D eigenvalue weighted by atomic mass is 10.0. The summed E-state index contributed by atoms with van der Waals surface area (Å²) in [5.41, 5.74) is 0.236. The van der Waals surface area contributed by atoms with Gasteiger partial charge in [-0.15, -0.1) is 11.3 Å². The molecule has 9 heteroatoms. The number of carboxylic acids is 1. The molecule has 3 N–H and O–H groups in total. The number of amides is 2. The Balaban J connectivity index is 1.82. The van der Waals surface area contributed by atoms with Crippen molar-refractivity contribution in [3.8, 4) is 0 Å². The molecule has 25 heavy (non-hydrogen) atoms. The summed E-state index contributed by atoms with van der Waals surface area (Å²) in [6.07, 6.45) is 2.14. The molecule has 1 aromatic rings. The summed E-state index contributed by atoms with van der Waals surface area (Å²) in [7, 11) is 0. The first-order valence-corrected chi connectivity index (χ1v) is 9.12. The van der Waals surface area contributed by atoms with Crippen molar-refractivity contribution in [2.45, 2.75) is 45.3 Å². The maximum atomic E-state index is 12.1. The van der Waals surface area contributed by atoms with Crippen molar-refractivity contribution in [3.05, 3.63) is 16.1 Å². The zero-order chi connectivity index (χ0) is 18.4. The number of carbonyl (C=O) groups excluding carboxylic acids is 2. The van der Waals surface area contributed by atoms with Gasteiger partial charge < -0.3 is 20.5 Å². The number of carbonyl (C=O) groups is 3. The van der Waals surface area contributed by atoms with Gasteiger partial charge >= 0.3 is 5.97 Å². The number of nitrogens with one attached hydrogen (secondary N) is 2. The van der Waals surface area contributed by atoms with Crippen LogP contribution in [-0.4, -0.2) is 47.1 Å². The number of carboxylic acid groups (broad SMARTS) is 1. The zero-order valence-electron chi connectivity index (χ0n) is 14.3. The maximum Gasteiger partial charge on any atom is 0.326 e. The topological polar surface area (TPSA) is 118 Å². The molecule has 2 rings (SSSR count). The number of aliphatic carboxylic acids is 1. The van der Waals surface area contributed by atoms with E-state index in [9.17, 15) is 14.4 Å². The molecule has 0 radical (unpaired) electrons. The van der Waals surface area contributed by atoms with Gasteiger partial charge in [0.1, 0.15) is 22.8 Å². The molecule has 0 aliphatic carbocycles. The van der Waals surface area contributed by atoms with E-state index in [0.717, 1.165) is 17.8 Å². The smallest absolute Gasteiger partial charge is 0.326 e. The number of thiazole rings is 1. The van der Waals surface area contributed by atoms with Crippen molar-refractivity contribution in [1.29, 1.82) is 0 Å². The van der Waals surface area contributed by atoms with Crippen LogP contribution in [0.25, 0.3) is 0 Å². The summed E-state index contributed by atoms with van der Waals surface area (Å²) in [5, 5.41) is 16.4. The van der Waals surface area contributed by atoms with Crippen LogP contribution in [0.4, 0.5) is 0 Å². The monoisotopic (exact) mass is 369 g/mol. The number of rotatable bonds is 8. The van der Waals surface area contributed by atoms with Crippen LogP contribution < -0.4 is 10.6 Å². The van der Waals surface area contributed by atoms with Gasteiger partial charge in [0.05, 0.1) is 6.54 Å². The molecule has 138 valence electrons. The molecule has 0 bridgehead atoms. The minimum Gasteiger partial charge on any atom is -0.480 e. The number of aromatic nitrogens is 1. The van der Waals surface area contributed by atoms with E-state index in [4.69, 9.17) is 9.84 Å². The van der Waals surface area contributed by atoms with Crippen LogP contribution in [0.5, 0.6) is 0 Å². The van der Waals surface area contributed by atoms with Gasteiger partial charge in [0.25, 0.3) is 5.91 Å². The van der Waals surface area contributed by atoms with E-state index in [2.05, 4.69) is 15.6 Å². The van der Waals surface area contributed by atoms with Gasteiger partial charge in [0.2, 0.25) is 5.91 Å². The van der Waals surface area contributed by atoms with Crippen molar-refractivity contribution in [2.24, 2.45) is 5.92 Å². The second-order valence-electron chi connectivity index (χ2n) is 6.34. The van der Waals surface area contributed by atoms with Crippen molar-refractivity contribution < 1.29 is 24.2 Å². The van der Waals surface area contributed by atoms with E-state index in [0.29, 0.717) is 13.0 Å². The minimum atomic E-state index is -1.09. The summed E-state index contributed by atoms with van der Waals surface area (Å²) < 4.78 is 5.52. The third kappa shape index (κ3) is 5.79. The standard InChI is InChI=1S/C16H23N3O5S/c1-9(2)6-10(16(22)23)18-13(20)7-17-14(21)11-8-25-15(19-11)12-4-3-5-24-12/h8-10,12H,3-7H2,1-2H3,(H,17,21)(H,18,20)(H,22,23)/t10-,12?/m0/s1.